The van der Waals surface area contributed by atoms with Crippen molar-refractivity contribution >= 4 is 33.0 Å². The quantitative estimate of drug-likeness (QED) is 0.860. The van der Waals surface area contributed by atoms with E-state index >= 15 is 0 Å². The van der Waals surface area contributed by atoms with Crippen LogP contribution in [0.15, 0.2) is 16.7 Å². The molecule has 0 atom stereocenters. The molecule has 0 aliphatic rings. The van der Waals surface area contributed by atoms with Crippen LogP contribution in [0.2, 0.25) is 0 Å². The fourth-order valence-electron chi connectivity index (χ4n) is 1.69. The van der Waals surface area contributed by atoms with Gasteiger partial charge in [0.15, 0.2) is 5.65 Å². The Labute approximate surface area is 108 Å². The predicted octanol–water partition coefficient (Wildman–Crippen LogP) is 2.20. The molecule has 0 fully saturated rings. The van der Waals surface area contributed by atoms with Gasteiger partial charge in [0.05, 0.1) is 0 Å². The number of hydrogen-bond donors (Lipinski definition) is 1. The van der Waals surface area contributed by atoms with Gasteiger partial charge in [0, 0.05) is 30.4 Å². The number of halogens is 1. The lowest BCUT2D eigenvalue weighted by atomic mass is 10.4. The van der Waals surface area contributed by atoms with Gasteiger partial charge < -0.3 is 10.5 Å². The highest BCUT2D eigenvalue weighted by Gasteiger charge is 2.09. The lowest BCUT2D eigenvalue weighted by Gasteiger charge is -2.05. The van der Waals surface area contributed by atoms with E-state index in [-0.39, 0.29) is 0 Å². The van der Waals surface area contributed by atoms with Crippen LogP contribution in [0.1, 0.15) is 13.3 Å². The summed E-state index contributed by atoms with van der Waals surface area (Å²) < 4.78 is 8.12. The minimum atomic E-state index is 0.502. The third kappa shape index (κ3) is 2.76. The standard InChI is InChI=1S/C11H15BrN4O/c1-2-17-5-3-4-16-10-9(15-11(16)13)6-8(12)7-14-10/h6-7H,2-5H2,1H3,(H2,13,15). The van der Waals surface area contributed by atoms with Crippen molar-refractivity contribution < 1.29 is 4.74 Å². The number of rotatable bonds is 5. The molecule has 0 aromatic carbocycles. The summed E-state index contributed by atoms with van der Waals surface area (Å²) >= 11 is 3.37. The van der Waals surface area contributed by atoms with Crippen molar-refractivity contribution in [3.63, 3.8) is 0 Å². The number of pyridine rings is 1. The van der Waals surface area contributed by atoms with Crippen LogP contribution in [0.25, 0.3) is 11.2 Å². The number of aryl methyl sites for hydroxylation is 1. The van der Waals surface area contributed by atoms with Crippen molar-refractivity contribution in [3.05, 3.63) is 16.7 Å². The molecule has 0 saturated carbocycles. The Bertz CT molecular complexity index is 511. The fraction of sp³-hybridized carbons (Fsp3) is 0.455. The van der Waals surface area contributed by atoms with Crippen molar-refractivity contribution in [2.24, 2.45) is 0 Å². The number of anilines is 1. The summed E-state index contributed by atoms with van der Waals surface area (Å²) in [6.07, 6.45) is 2.66. The first kappa shape index (κ1) is 12.3. The molecule has 6 heteroatoms. The maximum Gasteiger partial charge on any atom is 0.202 e. The van der Waals surface area contributed by atoms with Gasteiger partial charge in [-0.15, -0.1) is 0 Å². The average molecular weight is 299 g/mol. The molecule has 5 nitrogen and oxygen atoms in total. The van der Waals surface area contributed by atoms with Crippen LogP contribution in [0.5, 0.6) is 0 Å². The molecule has 0 bridgehead atoms. The lowest BCUT2D eigenvalue weighted by Crippen LogP contribution is -2.06. The van der Waals surface area contributed by atoms with Gasteiger partial charge in [-0.2, -0.15) is 0 Å². The predicted molar refractivity (Wildman–Crippen MR) is 70.8 cm³/mol. The molecule has 0 saturated heterocycles. The summed E-state index contributed by atoms with van der Waals surface area (Å²) in [5, 5.41) is 0. The molecule has 2 heterocycles. The number of fused-ring (bicyclic) bond motifs is 1. The van der Waals surface area contributed by atoms with Crippen LogP contribution in [-0.2, 0) is 11.3 Å². The molecule has 2 rings (SSSR count). The third-order valence-corrected chi connectivity index (χ3v) is 2.89. The van der Waals surface area contributed by atoms with Crippen molar-refractivity contribution in [3.8, 4) is 0 Å². The smallest absolute Gasteiger partial charge is 0.202 e. The van der Waals surface area contributed by atoms with Crippen molar-refractivity contribution in [1.82, 2.24) is 14.5 Å². The largest absolute Gasteiger partial charge is 0.382 e. The molecule has 0 amide bonds. The highest BCUT2D eigenvalue weighted by molar-refractivity contribution is 9.10. The second kappa shape index (κ2) is 5.46. The van der Waals surface area contributed by atoms with E-state index in [1.54, 1.807) is 6.20 Å². The van der Waals surface area contributed by atoms with Crippen LogP contribution in [0, 0.1) is 0 Å². The van der Waals surface area contributed by atoms with Gasteiger partial charge >= 0.3 is 0 Å². The van der Waals surface area contributed by atoms with Crippen LogP contribution < -0.4 is 5.73 Å². The first-order chi connectivity index (χ1) is 8.22. The summed E-state index contributed by atoms with van der Waals surface area (Å²) in [7, 11) is 0. The molecule has 2 aromatic rings. The maximum atomic E-state index is 5.87. The number of nitrogens with zero attached hydrogens (tertiary/aromatic N) is 3. The normalized spacial score (nSPS) is 11.2. The van der Waals surface area contributed by atoms with Gasteiger partial charge in [0.1, 0.15) is 5.52 Å². The van der Waals surface area contributed by atoms with Crippen molar-refractivity contribution in [2.75, 3.05) is 18.9 Å². The zero-order valence-corrected chi connectivity index (χ0v) is 11.3. The van der Waals surface area contributed by atoms with Crippen molar-refractivity contribution in [2.45, 2.75) is 19.9 Å². The number of hydrogen-bond acceptors (Lipinski definition) is 4. The van der Waals surface area contributed by atoms with Crippen LogP contribution in [0.4, 0.5) is 5.95 Å². The maximum absolute atomic E-state index is 5.87. The molecule has 0 radical (unpaired) electrons. The average Bonchev–Trinajstić information content (AvgIpc) is 2.60. The first-order valence-corrected chi connectivity index (χ1v) is 6.36. The van der Waals surface area contributed by atoms with Gasteiger partial charge in [-0.3, -0.25) is 4.57 Å². The Morgan fingerprint density at radius 1 is 1.53 bits per heavy atom. The van der Waals surface area contributed by atoms with E-state index in [9.17, 15) is 0 Å². The summed E-state index contributed by atoms with van der Waals surface area (Å²) in [5.41, 5.74) is 7.51. The third-order valence-electron chi connectivity index (χ3n) is 2.46. The Kier molecular flexibility index (Phi) is 3.96. The Hall–Kier alpha value is -1.14. The minimum Gasteiger partial charge on any atom is -0.382 e. The SMILES string of the molecule is CCOCCCn1c(N)nc2cc(Br)cnc21. The van der Waals surface area contributed by atoms with E-state index in [0.29, 0.717) is 5.95 Å². The summed E-state index contributed by atoms with van der Waals surface area (Å²) in [6.45, 7) is 4.23. The monoisotopic (exact) mass is 298 g/mol. The zero-order valence-electron chi connectivity index (χ0n) is 9.69. The highest BCUT2D eigenvalue weighted by Crippen LogP contribution is 2.19. The molecule has 0 spiro atoms. The molecular weight excluding hydrogens is 284 g/mol. The topological polar surface area (TPSA) is 66.0 Å². The molecular formula is C11H15BrN4O. The second-order valence-electron chi connectivity index (χ2n) is 3.67. The number of aromatic nitrogens is 3. The molecule has 2 N–H and O–H groups in total. The lowest BCUT2D eigenvalue weighted by molar-refractivity contribution is 0.142. The molecule has 92 valence electrons. The molecule has 0 aliphatic carbocycles. The zero-order chi connectivity index (χ0) is 12.3. The van der Waals surface area contributed by atoms with Gasteiger partial charge in [-0.05, 0) is 35.3 Å². The number of ether oxygens (including phenoxy) is 1. The molecule has 0 unspecified atom stereocenters. The first-order valence-electron chi connectivity index (χ1n) is 5.57. The van der Waals surface area contributed by atoms with Gasteiger partial charge in [-0.25, -0.2) is 9.97 Å². The van der Waals surface area contributed by atoms with Crippen LogP contribution in [0.3, 0.4) is 0 Å². The Morgan fingerprint density at radius 2 is 2.35 bits per heavy atom. The van der Waals surface area contributed by atoms with Gasteiger partial charge in [0.2, 0.25) is 5.95 Å². The van der Waals surface area contributed by atoms with Crippen LogP contribution >= 0.6 is 15.9 Å². The molecule has 17 heavy (non-hydrogen) atoms. The van der Waals surface area contributed by atoms with Crippen molar-refractivity contribution in [1.29, 1.82) is 0 Å². The fourth-order valence-corrected chi connectivity index (χ4v) is 2.01. The van der Waals surface area contributed by atoms with E-state index < -0.39 is 0 Å². The highest BCUT2D eigenvalue weighted by atomic mass is 79.9. The summed E-state index contributed by atoms with van der Waals surface area (Å²) in [4.78, 5) is 8.61. The Balaban J connectivity index is 2.18. The second-order valence-corrected chi connectivity index (χ2v) is 4.58. The number of nitrogens with two attached hydrogens (primary N) is 1. The van der Waals surface area contributed by atoms with Gasteiger partial charge in [-0.1, -0.05) is 0 Å². The van der Waals surface area contributed by atoms with E-state index in [4.69, 9.17) is 10.5 Å². The number of nitrogen functional groups attached to an aromatic ring is 1. The summed E-state index contributed by atoms with van der Waals surface area (Å²) in [5.74, 6) is 0.502. The minimum absolute atomic E-state index is 0.502. The van der Waals surface area contributed by atoms with E-state index in [0.717, 1.165) is 41.8 Å². The number of imidazole rings is 1. The summed E-state index contributed by atoms with van der Waals surface area (Å²) in [6, 6.07) is 1.91. The van der Waals surface area contributed by atoms with E-state index in [2.05, 4.69) is 25.9 Å². The van der Waals surface area contributed by atoms with E-state index in [1.165, 1.54) is 0 Å². The Morgan fingerprint density at radius 3 is 3.12 bits per heavy atom. The van der Waals surface area contributed by atoms with Gasteiger partial charge in [0.25, 0.3) is 0 Å². The van der Waals surface area contributed by atoms with E-state index in [1.807, 2.05) is 17.6 Å². The van der Waals surface area contributed by atoms with Crippen LogP contribution in [-0.4, -0.2) is 27.7 Å². The molecule has 0 aliphatic heterocycles. The molecule has 2 aromatic heterocycles.